The number of hydrogen-bond donors (Lipinski definition) is 5. The molecule has 0 radical (unpaired) electrons. The molecule has 0 bridgehead atoms. The minimum absolute atomic E-state index is 0.0866. The summed E-state index contributed by atoms with van der Waals surface area (Å²) >= 11 is 7.88. The van der Waals surface area contributed by atoms with Gasteiger partial charge in [-0.1, -0.05) is 16.8 Å². The van der Waals surface area contributed by atoms with Crippen molar-refractivity contribution >= 4 is 71.3 Å². The van der Waals surface area contributed by atoms with E-state index in [9.17, 15) is 24.1 Å². The number of fused-ring (bicyclic) bond motifs is 1. The Hall–Kier alpha value is -3.08. The fraction of sp³-hybridized carbons (Fsp3) is 0.316. The average molecular weight is 605 g/mol. The number of aliphatic carboxylic acids is 1. The molecule has 1 fully saturated rings. The lowest BCUT2D eigenvalue weighted by Gasteiger charge is -2.49. The monoisotopic (exact) mass is 604 g/mol. The summed E-state index contributed by atoms with van der Waals surface area (Å²) in [6, 6.07) is 2.33. The number of β-lactam (4-membered cyclic amide) rings is 1. The van der Waals surface area contributed by atoms with Gasteiger partial charge in [0, 0.05) is 28.9 Å². The van der Waals surface area contributed by atoms with Crippen LogP contribution in [0.5, 0.6) is 0 Å². The molecule has 2 atom stereocenters. The SMILES string of the molecule is CCON=C(C(=O)NC1C(=O)N2C(C(=O)O)=C(C[n+]3cccc(Cl)c3)CS[C@H]12)c1nsc(NP(=O)(O)O)n1. The first-order chi connectivity index (χ1) is 18.0. The molecule has 0 aliphatic carbocycles. The molecule has 38 heavy (non-hydrogen) atoms. The Morgan fingerprint density at radius 2 is 2.18 bits per heavy atom. The van der Waals surface area contributed by atoms with Crippen LogP contribution in [0.4, 0.5) is 5.13 Å². The molecule has 19 heteroatoms. The Kier molecular flexibility index (Phi) is 8.34. The van der Waals surface area contributed by atoms with E-state index in [1.165, 1.54) is 11.8 Å². The van der Waals surface area contributed by atoms with Crippen molar-refractivity contribution < 1.29 is 43.2 Å². The number of carbonyl (C=O) groups excluding carboxylic acids is 2. The van der Waals surface area contributed by atoms with Gasteiger partial charge >= 0.3 is 13.7 Å². The van der Waals surface area contributed by atoms with Crippen LogP contribution in [0.15, 0.2) is 41.0 Å². The number of hydrogen-bond acceptors (Lipinski definition) is 10. The van der Waals surface area contributed by atoms with Crippen molar-refractivity contribution in [3.8, 4) is 0 Å². The van der Waals surface area contributed by atoms with Crippen LogP contribution in [0, 0.1) is 0 Å². The van der Waals surface area contributed by atoms with Crippen LogP contribution in [-0.4, -0.2) is 76.4 Å². The van der Waals surface area contributed by atoms with E-state index in [-0.39, 0.29) is 35.6 Å². The number of nitrogens with one attached hydrogen (secondary N) is 2. The normalized spacial score (nSPS) is 19.5. The van der Waals surface area contributed by atoms with E-state index in [0.29, 0.717) is 22.1 Å². The first-order valence-electron chi connectivity index (χ1n) is 10.7. The smallest absolute Gasteiger partial charge is 0.429 e. The maximum Gasteiger partial charge on any atom is 0.429 e. The highest BCUT2D eigenvalue weighted by atomic mass is 35.5. The molecule has 4 heterocycles. The third-order valence-electron chi connectivity index (χ3n) is 5.11. The van der Waals surface area contributed by atoms with E-state index in [1.54, 1.807) is 36.0 Å². The van der Waals surface area contributed by atoms with E-state index in [2.05, 4.69) is 19.8 Å². The highest BCUT2D eigenvalue weighted by Gasteiger charge is 2.55. The number of pyridine rings is 1. The van der Waals surface area contributed by atoms with E-state index in [0.717, 1.165) is 4.90 Å². The number of carbonyl (C=O) groups is 3. The van der Waals surface area contributed by atoms with Crippen LogP contribution in [0.3, 0.4) is 0 Å². The standard InChI is InChI=1S/C19H19ClN7O8PS2/c1-2-35-23-11(14-22-19(38-25-14)24-36(32,33)34)15(28)21-12-16(29)27-13(18(30)31)9(8-37-17(12)27)6-26-5-3-4-10(20)7-26/h3-5,7,12,17H,2,6,8H2,1H3,(H4-,21,22,24,25,28,30,31,32,33,34)/p+1/t12?,17-/m1/s1. The van der Waals surface area contributed by atoms with Gasteiger partial charge < -0.3 is 25.0 Å². The third-order valence-corrected chi connectivity index (χ3v) is 7.96. The molecule has 2 aliphatic rings. The summed E-state index contributed by atoms with van der Waals surface area (Å²) < 4.78 is 16.7. The van der Waals surface area contributed by atoms with Crippen molar-refractivity contribution in [3.63, 3.8) is 0 Å². The Bertz CT molecular complexity index is 1400. The first kappa shape index (κ1) is 27.9. The molecule has 2 aromatic heterocycles. The summed E-state index contributed by atoms with van der Waals surface area (Å²) in [5.74, 6) is -2.80. The van der Waals surface area contributed by atoms with Gasteiger partial charge in [-0.2, -0.15) is 13.9 Å². The minimum atomic E-state index is -4.66. The number of halogens is 1. The van der Waals surface area contributed by atoms with Gasteiger partial charge in [0.2, 0.25) is 16.7 Å². The lowest BCUT2D eigenvalue weighted by atomic mass is 10.0. The summed E-state index contributed by atoms with van der Waals surface area (Å²) in [6.07, 6.45) is 3.36. The maximum atomic E-state index is 13.0. The number of nitrogens with zero attached hydrogens (tertiary/aromatic N) is 5. The summed E-state index contributed by atoms with van der Waals surface area (Å²) in [6.45, 7) is 1.90. The van der Waals surface area contributed by atoms with Gasteiger partial charge in [-0.05, 0) is 13.0 Å². The molecular formula is C19H20ClN7O8PS2+. The number of rotatable bonds is 10. The van der Waals surface area contributed by atoms with Crippen LogP contribution in [-0.2, 0) is 30.3 Å². The zero-order valence-corrected chi connectivity index (χ0v) is 22.6. The third kappa shape index (κ3) is 6.14. The molecule has 5 N–H and O–H groups in total. The van der Waals surface area contributed by atoms with E-state index in [4.69, 9.17) is 26.2 Å². The van der Waals surface area contributed by atoms with Crippen LogP contribution in [0.1, 0.15) is 12.7 Å². The van der Waals surface area contributed by atoms with Crippen LogP contribution < -0.4 is 15.0 Å². The maximum absolute atomic E-state index is 13.0. The second kappa shape index (κ2) is 11.3. The van der Waals surface area contributed by atoms with Crippen LogP contribution >= 0.6 is 42.6 Å². The lowest BCUT2D eigenvalue weighted by molar-refractivity contribution is -0.689. The molecule has 2 aliphatic heterocycles. The summed E-state index contributed by atoms with van der Waals surface area (Å²) in [4.78, 5) is 66.2. The Morgan fingerprint density at radius 1 is 1.42 bits per heavy atom. The molecule has 1 saturated heterocycles. The molecule has 0 spiro atoms. The van der Waals surface area contributed by atoms with Crippen LogP contribution in [0.25, 0.3) is 0 Å². The highest BCUT2D eigenvalue weighted by molar-refractivity contribution is 8.00. The van der Waals surface area contributed by atoms with E-state index >= 15 is 0 Å². The number of amides is 2. The molecule has 2 aromatic rings. The number of carboxylic acids is 1. The molecule has 15 nitrogen and oxygen atoms in total. The van der Waals surface area contributed by atoms with Gasteiger partial charge in [0.25, 0.3) is 11.8 Å². The summed E-state index contributed by atoms with van der Waals surface area (Å²) in [7, 11) is -4.66. The summed E-state index contributed by atoms with van der Waals surface area (Å²) in [5.41, 5.74) is -0.0882. The first-order valence-corrected chi connectivity index (χ1v) is 14.5. The van der Waals surface area contributed by atoms with Crippen LogP contribution in [0.2, 0.25) is 5.02 Å². The van der Waals surface area contributed by atoms with E-state index < -0.39 is 42.7 Å². The Labute approximate surface area is 227 Å². The van der Waals surface area contributed by atoms with Crippen molar-refractivity contribution in [1.82, 2.24) is 19.6 Å². The zero-order valence-electron chi connectivity index (χ0n) is 19.3. The number of anilines is 1. The predicted octanol–water partition coefficient (Wildman–Crippen LogP) is 0.163. The van der Waals surface area contributed by atoms with Crippen molar-refractivity contribution in [1.29, 1.82) is 0 Å². The molecule has 1 unspecified atom stereocenters. The molecule has 4 rings (SSSR count). The number of carboxylic acid groups (broad SMARTS) is 1. The fourth-order valence-corrected chi connectivity index (χ4v) is 6.41. The minimum Gasteiger partial charge on any atom is -0.477 e. The highest BCUT2D eigenvalue weighted by Crippen LogP contribution is 2.40. The molecule has 2 amide bonds. The average Bonchev–Trinajstić information content (AvgIpc) is 3.28. The predicted molar refractivity (Wildman–Crippen MR) is 135 cm³/mol. The number of thioether (sulfide) groups is 1. The fourth-order valence-electron chi connectivity index (χ4n) is 3.63. The largest absolute Gasteiger partial charge is 0.477 e. The zero-order chi connectivity index (χ0) is 27.6. The van der Waals surface area contributed by atoms with E-state index in [1.807, 2.05) is 5.09 Å². The second-order valence-electron chi connectivity index (χ2n) is 7.75. The van der Waals surface area contributed by atoms with Gasteiger partial charge in [-0.15, -0.1) is 11.8 Å². The van der Waals surface area contributed by atoms with Crippen molar-refractivity contribution in [2.24, 2.45) is 5.16 Å². The van der Waals surface area contributed by atoms with Crippen molar-refractivity contribution in [2.75, 3.05) is 17.4 Å². The topological polar surface area (TPSA) is 208 Å². The second-order valence-corrected chi connectivity index (χ2v) is 11.4. The number of oxime groups is 1. The Morgan fingerprint density at radius 3 is 2.84 bits per heavy atom. The molecular weight excluding hydrogens is 585 g/mol. The number of aromatic nitrogens is 3. The van der Waals surface area contributed by atoms with Crippen molar-refractivity contribution in [2.45, 2.75) is 24.9 Å². The quantitative estimate of drug-likeness (QED) is 0.0808. The van der Waals surface area contributed by atoms with Crippen molar-refractivity contribution in [3.05, 3.63) is 46.6 Å². The molecule has 0 saturated carbocycles. The van der Waals surface area contributed by atoms with Gasteiger partial charge in [-0.25, -0.2) is 9.36 Å². The molecule has 202 valence electrons. The molecule has 0 aromatic carbocycles. The van der Waals surface area contributed by atoms with Gasteiger partial charge in [0.15, 0.2) is 18.9 Å². The summed E-state index contributed by atoms with van der Waals surface area (Å²) in [5, 5.41) is 17.4. The Balaban J connectivity index is 1.52. The van der Waals surface area contributed by atoms with Gasteiger partial charge in [-0.3, -0.25) is 19.6 Å². The lowest BCUT2D eigenvalue weighted by Crippen LogP contribution is -2.71. The van der Waals surface area contributed by atoms with Gasteiger partial charge in [0.05, 0.1) is 0 Å². The van der Waals surface area contributed by atoms with Gasteiger partial charge in [0.1, 0.15) is 28.7 Å².